The number of imidazole rings is 1. The first-order valence-electron chi connectivity index (χ1n) is 8.37. The predicted molar refractivity (Wildman–Crippen MR) is 103 cm³/mol. The van der Waals surface area contributed by atoms with Crippen LogP contribution < -0.4 is 0 Å². The van der Waals surface area contributed by atoms with Crippen LogP contribution in [0, 0.1) is 0 Å². The largest absolute Gasteiger partial charge is 0.292 e. The third-order valence-corrected chi connectivity index (χ3v) is 4.99. The first kappa shape index (κ1) is 12.9. The van der Waals surface area contributed by atoms with Crippen LogP contribution in [0.2, 0.25) is 0 Å². The number of aromatic nitrogens is 3. The summed E-state index contributed by atoms with van der Waals surface area (Å²) in [6.07, 6.45) is 1.86. The Morgan fingerprint density at radius 1 is 0.680 bits per heavy atom. The number of nitrogens with zero attached hydrogens (tertiary/aromatic N) is 3. The van der Waals surface area contributed by atoms with E-state index in [2.05, 4.69) is 70.0 Å². The maximum atomic E-state index is 4.94. The van der Waals surface area contributed by atoms with Crippen molar-refractivity contribution in [1.82, 2.24) is 14.4 Å². The fraction of sp³-hybridized carbons (Fsp3) is 0. The highest BCUT2D eigenvalue weighted by molar-refractivity contribution is 6.22. The fourth-order valence-electron chi connectivity index (χ4n) is 3.93. The SMILES string of the molecule is c1cnc2c(c1)ccc1c2c2ccccc2n2c3ccccc3nc12. The van der Waals surface area contributed by atoms with Gasteiger partial charge in [-0.05, 0) is 30.3 Å². The summed E-state index contributed by atoms with van der Waals surface area (Å²) in [7, 11) is 0. The number of rotatable bonds is 0. The maximum Gasteiger partial charge on any atom is 0.146 e. The Balaban J connectivity index is 2.06. The third kappa shape index (κ3) is 1.59. The minimum absolute atomic E-state index is 0.988. The Morgan fingerprint density at radius 3 is 2.48 bits per heavy atom. The lowest BCUT2D eigenvalue weighted by Crippen LogP contribution is -1.92. The van der Waals surface area contributed by atoms with Gasteiger partial charge in [-0.1, -0.05) is 42.5 Å². The molecular weight excluding hydrogens is 306 g/mol. The van der Waals surface area contributed by atoms with Crippen molar-refractivity contribution in [3.63, 3.8) is 0 Å². The average Bonchev–Trinajstić information content (AvgIpc) is 3.07. The molecular formula is C22H13N3. The highest BCUT2D eigenvalue weighted by Gasteiger charge is 2.15. The topological polar surface area (TPSA) is 30.2 Å². The first-order valence-corrected chi connectivity index (χ1v) is 8.37. The Hall–Kier alpha value is -3.46. The lowest BCUT2D eigenvalue weighted by atomic mass is 10.0. The monoisotopic (exact) mass is 319 g/mol. The van der Waals surface area contributed by atoms with Gasteiger partial charge in [0, 0.05) is 27.7 Å². The summed E-state index contributed by atoms with van der Waals surface area (Å²) in [5.74, 6) is 0. The number of hydrogen-bond acceptors (Lipinski definition) is 2. The molecule has 3 heteroatoms. The van der Waals surface area contributed by atoms with Gasteiger partial charge in [0.15, 0.2) is 0 Å². The molecule has 0 aliphatic heterocycles. The lowest BCUT2D eigenvalue weighted by molar-refractivity contribution is 1.31. The molecule has 0 amide bonds. The molecule has 0 unspecified atom stereocenters. The normalized spacial score (nSPS) is 12.0. The van der Waals surface area contributed by atoms with E-state index in [0.717, 1.165) is 38.5 Å². The molecule has 25 heavy (non-hydrogen) atoms. The molecule has 3 aromatic carbocycles. The summed E-state index contributed by atoms with van der Waals surface area (Å²) in [5, 5.41) is 4.68. The summed E-state index contributed by atoms with van der Waals surface area (Å²) >= 11 is 0. The standard InChI is InChI=1S/C22H13N3/c1-3-9-18-15(7-1)20-16(12-11-14-6-5-13-23-21(14)20)22-24-17-8-2-4-10-19(17)25(18)22/h1-13H. The van der Waals surface area contributed by atoms with Crippen LogP contribution in [0.5, 0.6) is 0 Å². The molecule has 0 saturated heterocycles. The van der Waals surface area contributed by atoms with E-state index in [-0.39, 0.29) is 0 Å². The van der Waals surface area contributed by atoms with Crippen molar-refractivity contribution >= 4 is 49.3 Å². The second-order valence-corrected chi connectivity index (χ2v) is 6.34. The Labute approximate surface area is 143 Å². The maximum absolute atomic E-state index is 4.94. The molecule has 6 aromatic rings. The smallest absolute Gasteiger partial charge is 0.146 e. The number of hydrogen-bond donors (Lipinski definition) is 0. The second-order valence-electron chi connectivity index (χ2n) is 6.34. The molecule has 116 valence electrons. The summed E-state index contributed by atoms with van der Waals surface area (Å²) in [5.41, 5.74) is 5.34. The van der Waals surface area contributed by atoms with Gasteiger partial charge in [-0.2, -0.15) is 0 Å². The van der Waals surface area contributed by atoms with Gasteiger partial charge in [0.05, 0.1) is 22.1 Å². The van der Waals surface area contributed by atoms with E-state index in [1.807, 2.05) is 18.3 Å². The molecule has 0 saturated carbocycles. The molecule has 0 aliphatic carbocycles. The second kappa shape index (κ2) is 4.54. The quantitative estimate of drug-likeness (QED) is 0.354. The Morgan fingerprint density at radius 2 is 1.52 bits per heavy atom. The molecule has 6 rings (SSSR count). The van der Waals surface area contributed by atoms with Crippen LogP contribution >= 0.6 is 0 Å². The highest BCUT2D eigenvalue weighted by Crippen LogP contribution is 2.35. The van der Waals surface area contributed by atoms with E-state index in [0.29, 0.717) is 0 Å². The molecule has 3 aromatic heterocycles. The van der Waals surface area contributed by atoms with E-state index in [1.165, 1.54) is 10.8 Å². The van der Waals surface area contributed by atoms with E-state index >= 15 is 0 Å². The van der Waals surface area contributed by atoms with Gasteiger partial charge in [0.1, 0.15) is 5.65 Å². The highest BCUT2D eigenvalue weighted by atomic mass is 15.0. The van der Waals surface area contributed by atoms with Crippen LogP contribution in [0.15, 0.2) is 79.0 Å². The number of fused-ring (bicyclic) bond motifs is 10. The number of pyridine rings is 2. The van der Waals surface area contributed by atoms with Crippen molar-refractivity contribution in [2.45, 2.75) is 0 Å². The van der Waals surface area contributed by atoms with Crippen LogP contribution in [0.25, 0.3) is 49.3 Å². The van der Waals surface area contributed by atoms with Gasteiger partial charge in [0.25, 0.3) is 0 Å². The van der Waals surface area contributed by atoms with Gasteiger partial charge >= 0.3 is 0 Å². The molecule has 0 N–H and O–H groups in total. The van der Waals surface area contributed by atoms with Crippen LogP contribution in [0.1, 0.15) is 0 Å². The van der Waals surface area contributed by atoms with Gasteiger partial charge in [-0.15, -0.1) is 0 Å². The Bertz CT molecular complexity index is 1440. The summed E-state index contributed by atoms with van der Waals surface area (Å²) in [6, 6.07) is 25.2. The van der Waals surface area contributed by atoms with Crippen molar-refractivity contribution in [2.24, 2.45) is 0 Å². The van der Waals surface area contributed by atoms with Gasteiger partial charge in [-0.3, -0.25) is 9.38 Å². The average molecular weight is 319 g/mol. The first-order chi connectivity index (χ1) is 12.4. The molecule has 0 bridgehead atoms. The minimum atomic E-state index is 0.988. The molecule has 0 spiro atoms. The predicted octanol–water partition coefficient (Wildman–Crippen LogP) is 5.34. The van der Waals surface area contributed by atoms with Gasteiger partial charge in [0.2, 0.25) is 0 Å². The summed E-state index contributed by atoms with van der Waals surface area (Å²) in [4.78, 5) is 9.62. The summed E-state index contributed by atoms with van der Waals surface area (Å²) < 4.78 is 2.27. The van der Waals surface area contributed by atoms with E-state index in [1.54, 1.807) is 0 Å². The van der Waals surface area contributed by atoms with Crippen molar-refractivity contribution < 1.29 is 0 Å². The summed E-state index contributed by atoms with van der Waals surface area (Å²) in [6.45, 7) is 0. The van der Waals surface area contributed by atoms with Crippen molar-refractivity contribution in [1.29, 1.82) is 0 Å². The Kier molecular flexibility index (Phi) is 2.35. The van der Waals surface area contributed by atoms with E-state index in [9.17, 15) is 0 Å². The molecule has 0 atom stereocenters. The van der Waals surface area contributed by atoms with Crippen LogP contribution in [0.3, 0.4) is 0 Å². The van der Waals surface area contributed by atoms with E-state index < -0.39 is 0 Å². The fourth-order valence-corrected chi connectivity index (χ4v) is 3.93. The van der Waals surface area contributed by atoms with Crippen LogP contribution in [0.4, 0.5) is 0 Å². The zero-order valence-corrected chi connectivity index (χ0v) is 13.3. The third-order valence-electron chi connectivity index (χ3n) is 4.99. The molecule has 3 nitrogen and oxygen atoms in total. The van der Waals surface area contributed by atoms with Crippen molar-refractivity contribution in [2.75, 3.05) is 0 Å². The van der Waals surface area contributed by atoms with Crippen LogP contribution in [-0.2, 0) is 0 Å². The number of benzene rings is 3. The molecule has 3 heterocycles. The van der Waals surface area contributed by atoms with E-state index in [4.69, 9.17) is 4.98 Å². The lowest BCUT2D eigenvalue weighted by Gasteiger charge is -2.10. The zero-order chi connectivity index (χ0) is 16.4. The van der Waals surface area contributed by atoms with Crippen molar-refractivity contribution in [3.05, 3.63) is 79.0 Å². The van der Waals surface area contributed by atoms with Gasteiger partial charge in [-0.25, -0.2) is 4.98 Å². The van der Waals surface area contributed by atoms with Crippen molar-refractivity contribution in [3.8, 4) is 0 Å². The zero-order valence-electron chi connectivity index (χ0n) is 13.3. The minimum Gasteiger partial charge on any atom is -0.292 e. The molecule has 0 fully saturated rings. The van der Waals surface area contributed by atoms with Crippen LogP contribution in [-0.4, -0.2) is 14.4 Å². The number of para-hydroxylation sites is 3. The molecule has 0 radical (unpaired) electrons. The van der Waals surface area contributed by atoms with Gasteiger partial charge < -0.3 is 0 Å². The molecule has 0 aliphatic rings.